The third-order valence-electron chi connectivity index (χ3n) is 5.78. The Hall–Kier alpha value is -2.89. The van der Waals surface area contributed by atoms with E-state index in [2.05, 4.69) is 46.9 Å². The van der Waals surface area contributed by atoms with Crippen LogP contribution in [0.15, 0.2) is 24.8 Å². The van der Waals surface area contributed by atoms with Crippen molar-refractivity contribution in [3.63, 3.8) is 0 Å². The van der Waals surface area contributed by atoms with E-state index in [0.29, 0.717) is 12.4 Å². The summed E-state index contributed by atoms with van der Waals surface area (Å²) in [5.41, 5.74) is 11.1. The van der Waals surface area contributed by atoms with Crippen molar-refractivity contribution in [2.75, 3.05) is 57.3 Å². The molecule has 2 aromatic heterocycles. The van der Waals surface area contributed by atoms with Gasteiger partial charge < -0.3 is 36.9 Å². The molecule has 0 radical (unpaired) electrons. The highest BCUT2D eigenvalue weighted by Crippen LogP contribution is 2.17. The van der Waals surface area contributed by atoms with Crippen LogP contribution in [0.4, 0.5) is 11.6 Å². The minimum atomic E-state index is -0.539. The Kier molecular flexibility index (Phi) is 9.92. The van der Waals surface area contributed by atoms with Gasteiger partial charge in [-0.1, -0.05) is 18.2 Å². The lowest BCUT2D eigenvalue weighted by molar-refractivity contribution is 0.0959. The van der Waals surface area contributed by atoms with Crippen LogP contribution in [0.2, 0.25) is 5.15 Å². The van der Waals surface area contributed by atoms with Gasteiger partial charge >= 0.3 is 0 Å². The number of unbranched alkanes of at least 4 members (excludes halogenated alkanes) is 2. The predicted molar refractivity (Wildman–Crippen MR) is 134 cm³/mol. The standard InChI is InChI=1S/C22H35ClN10O/c1-16(29-22(34)18-20(24)31-21(25)19(23)30-18)26-7-3-5-11-33-14-12-32(13-15-33)10-4-2-6-17-27-8-9-28-17/h8-9,26H,1-7,10-15H2,(H,27,28)(H,29,34)(H4,24,25,31). The number of H-pyrrole nitrogens is 1. The van der Waals surface area contributed by atoms with Crippen molar-refractivity contribution in [2.45, 2.75) is 32.1 Å². The summed E-state index contributed by atoms with van der Waals surface area (Å²) in [6.07, 6.45) is 9.13. The summed E-state index contributed by atoms with van der Waals surface area (Å²) in [7, 11) is 0. The van der Waals surface area contributed by atoms with Crippen LogP contribution in [0.25, 0.3) is 0 Å². The quantitative estimate of drug-likeness (QED) is 0.261. The van der Waals surface area contributed by atoms with Gasteiger partial charge in [0.1, 0.15) is 5.82 Å². The molecule has 0 atom stereocenters. The number of nitrogens with zero attached hydrogens (tertiary/aromatic N) is 5. The number of rotatable bonds is 13. The molecule has 12 heteroatoms. The zero-order chi connectivity index (χ0) is 24.3. The Bertz CT molecular complexity index is 928. The van der Waals surface area contributed by atoms with E-state index in [-0.39, 0.29) is 22.5 Å². The SMILES string of the molecule is C=C(NCCCCN1CCN(CCCCc2ncc[nH]2)CC1)NC(=O)c1nc(Cl)c(N)nc1N. The molecule has 0 unspecified atom stereocenters. The van der Waals surface area contributed by atoms with Gasteiger partial charge in [-0.3, -0.25) is 4.79 Å². The van der Waals surface area contributed by atoms with Crippen molar-refractivity contribution < 1.29 is 4.79 Å². The number of hydrogen-bond acceptors (Lipinski definition) is 9. The van der Waals surface area contributed by atoms with E-state index in [9.17, 15) is 4.79 Å². The first-order chi connectivity index (χ1) is 16.4. The fourth-order valence-corrected chi connectivity index (χ4v) is 3.97. The molecule has 1 fully saturated rings. The van der Waals surface area contributed by atoms with Crippen LogP contribution in [0.5, 0.6) is 0 Å². The van der Waals surface area contributed by atoms with Crippen LogP contribution >= 0.6 is 11.6 Å². The summed E-state index contributed by atoms with van der Waals surface area (Å²) in [6.45, 7) is 11.2. The average molecular weight is 491 g/mol. The molecule has 34 heavy (non-hydrogen) atoms. The van der Waals surface area contributed by atoms with E-state index >= 15 is 0 Å². The van der Waals surface area contributed by atoms with E-state index in [4.69, 9.17) is 23.1 Å². The lowest BCUT2D eigenvalue weighted by atomic mass is 10.2. The topological polar surface area (TPSA) is 154 Å². The number of aryl methyl sites for hydroxylation is 1. The smallest absolute Gasteiger partial charge is 0.279 e. The van der Waals surface area contributed by atoms with Gasteiger partial charge in [-0.2, -0.15) is 0 Å². The van der Waals surface area contributed by atoms with Crippen molar-refractivity contribution in [3.8, 4) is 0 Å². The number of aromatic nitrogens is 4. The molecule has 3 rings (SSSR count). The summed E-state index contributed by atoms with van der Waals surface area (Å²) in [5, 5.41) is 5.65. The monoisotopic (exact) mass is 490 g/mol. The molecule has 3 heterocycles. The van der Waals surface area contributed by atoms with Crippen LogP contribution in [-0.2, 0) is 6.42 Å². The molecule has 0 spiro atoms. The molecule has 1 saturated heterocycles. The summed E-state index contributed by atoms with van der Waals surface area (Å²) >= 11 is 5.82. The number of imidazole rings is 1. The predicted octanol–water partition coefficient (Wildman–Crippen LogP) is 1.23. The Morgan fingerprint density at radius 3 is 2.38 bits per heavy atom. The molecular weight excluding hydrogens is 456 g/mol. The Balaban J connectivity index is 1.21. The van der Waals surface area contributed by atoms with Crippen molar-refractivity contribution in [2.24, 2.45) is 0 Å². The van der Waals surface area contributed by atoms with Gasteiger partial charge in [0.05, 0.1) is 5.82 Å². The van der Waals surface area contributed by atoms with E-state index in [1.165, 1.54) is 12.8 Å². The van der Waals surface area contributed by atoms with Crippen LogP contribution in [0.3, 0.4) is 0 Å². The molecule has 0 aromatic carbocycles. The van der Waals surface area contributed by atoms with E-state index in [0.717, 1.165) is 64.4 Å². The second-order valence-corrected chi connectivity index (χ2v) is 8.73. The summed E-state index contributed by atoms with van der Waals surface area (Å²) in [4.78, 5) is 32.5. The van der Waals surface area contributed by atoms with Crippen LogP contribution < -0.4 is 22.1 Å². The fraction of sp³-hybridized carbons (Fsp3) is 0.545. The average Bonchev–Trinajstić information content (AvgIpc) is 3.33. The molecule has 0 bridgehead atoms. The number of aromatic amines is 1. The van der Waals surface area contributed by atoms with Crippen molar-refractivity contribution >= 4 is 29.1 Å². The first-order valence-electron chi connectivity index (χ1n) is 11.7. The molecule has 2 aromatic rings. The number of carbonyl (C=O) groups excluding carboxylic acids is 1. The maximum absolute atomic E-state index is 12.3. The molecule has 1 aliphatic rings. The van der Waals surface area contributed by atoms with E-state index in [1.54, 1.807) is 0 Å². The largest absolute Gasteiger partial charge is 0.382 e. The molecular formula is C22H35ClN10O. The normalized spacial score (nSPS) is 14.7. The summed E-state index contributed by atoms with van der Waals surface area (Å²) in [5.74, 6) is 0.815. The Labute approximate surface area is 205 Å². The van der Waals surface area contributed by atoms with Gasteiger partial charge in [-0.25, -0.2) is 15.0 Å². The molecule has 0 aliphatic carbocycles. The second-order valence-electron chi connectivity index (χ2n) is 8.38. The molecule has 11 nitrogen and oxygen atoms in total. The minimum Gasteiger partial charge on any atom is -0.382 e. The number of nitrogens with two attached hydrogens (primary N) is 2. The second kappa shape index (κ2) is 13.1. The van der Waals surface area contributed by atoms with E-state index < -0.39 is 5.91 Å². The first kappa shape index (κ1) is 25.7. The summed E-state index contributed by atoms with van der Waals surface area (Å²) in [6, 6.07) is 0. The van der Waals surface area contributed by atoms with Crippen LogP contribution in [0.1, 0.15) is 42.0 Å². The van der Waals surface area contributed by atoms with Gasteiger partial charge in [-0.15, -0.1) is 0 Å². The Morgan fingerprint density at radius 2 is 1.74 bits per heavy atom. The number of halogens is 1. The van der Waals surface area contributed by atoms with Gasteiger partial charge in [0.25, 0.3) is 5.91 Å². The Morgan fingerprint density at radius 1 is 1.06 bits per heavy atom. The maximum Gasteiger partial charge on any atom is 0.279 e. The molecule has 0 saturated carbocycles. The third-order valence-corrected chi connectivity index (χ3v) is 6.06. The van der Waals surface area contributed by atoms with Gasteiger partial charge in [0, 0.05) is 51.5 Å². The third kappa shape index (κ3) is 8.15. The number of amides is 1. The number of carbonyl (C=O) groups is 1. The zero-order valence-electron chi connectivity index (χ0n) is 19.5. The molecule has 186 valence electrons. The number of nitrogens with one attached hydrogen (secondary N) is 3. The molecule has 7 N–H and O–H groups in total. The van der Waals surface area contributed by atoms with Gasteiger partial charge in [0.15, 0.2) is 22.5 Å². The highest BCUT2D eigenvalue weighted by atomic mass is 35.5. The fourth-order valence-electron chi connectivity index (χ4n) is 3.85. The van der Waals surface area contributed by atoms with Crippen LogP contribution in [-0.4, -0.2) is 81.5 Å². The van der Waals surface area contributed by atoms with Crippen molar-refractivity contribution in [1.82, 2.24) is 40.4 Å². The van der Waals surface area contributed by atoms with Gasteiger partial charge in [-0.05, 0) is 38.8 Å². The molecule has 1 amide bonds. The highest BCUT2D eigenvalue weighted by molar-refractivity contribution is 6.31. The minimum absolute atomic E-state index is 0.0183. The zero-order valence-corrected chi connectivity index (χ0v) is 20.3. The number of piperazine rings is 1. The van der Waals surface area contributed by atoms with Gasteiger partial charge in [0.2, 0.25) is 0 Å². The number of hydrogen-bond donors (Lipinski definition) is 5. The van der Waals surface area contributed by atoms with Crippen molar-refractivity contribution in [3.05, 3.63) is 41.5 Å². The maximum atomic E-state index is 12.3. The van der Waals surface area contributed by atoms with Crippen LogP contribution in [0, 0.1) is 0 Å². The van der Waals surface area contributed by atoms with Crippen molar-refractivity contribution in [1.29, 1.82) is 0 Å². The molecule has 1 aliphatic heterocycles. The highest BCUT2D eigenvalue weighted by Gasteiger charge is 2.17. The van der Waals surface area contributed by atoms with E-state index in [1.807, 2.05) is 12.4 Å². The summed E-state index contributed by atoms with van der Waals surface area (Å²) < 4.78 is 0. The number of nitrogen functional groups attached to an aromatic ring is 2. The number of anilines is 2. The first-order valence-corrected chi connectivity index (χ1v) is 12.1. The lowest BCUT2D eigenvalue weighted by Crippen LogP contribution is -2.46. The lowest BCUT2D eigenvalue weighted by Gasteiger charge is -2.34.